The van der Waals surface area contributed by atoms with Gasteiger partial charge in [-0.1, -0.05) is 0 Å². The van der Waals surface area contributed by atoms with E-state index in [0.717, 1.165) is 6.33 Å². The summed E-state index contributed by atoms with van der Waals surface area (Å²) in [5, 5.41) is 0.260. The molecule has 3 N–H and O–H groups in total. The summed E-state index contributed by atoms with van der Waals surface area (Å²) in [5.74, 6) is -1.03. The van der Waals surface area contributed by atoms with E-state index in [4.69, 9.17) is 14.9 Å². The normalized spacial score (nSPS) is 11.7. The van der Waals surface area contributed by atoms with Crippen LogP contribution < -0.4 is 15.8 Å². The number of fused-ring (bicyclic) bond motifs is 2. The molecule has 0 unspecified atom stereocenters. The molecule has 13 heteroatoms. The summed E-state index contributed by atoms with van der Waals surface area (Å²) in [7, 11) is -4.80. The van der Waals surface area contributed by atoms with E-state index in [9.17, 15) is 22.6 Å². The number of nitrogen functional groups attached to an aromatic ring is 1. The first-order valence-electron chi connectivity index (χ1n) is 10.8. The Bertz CT molecular complexity index is 1540. The lowest BCUT2D eigenvalue weighted by Gasteiger charge is -2.21. The van der Waals surface area contributed by atoms with E-state index in [0.29, 0.717) is 40.5 Å². The van der Waals surface area contributed by atoms with Crippen LogP contribution in [-0.2, 0) is 26.4 Å². The largest absolute Gasteiger partial charge is 0.466 e. The number of carbonyl (C=O) groups is 1. The molecule has 2 aromatic heterocycles. The zero-order chi connectivity index (χ0) is 25.2. The third-order valence-electron chi connectivity index (χ3n) is 5.27. The van der Waals surface area contributed by atoms with E-state index >= 15 is 0 Å². The number of hydrogen-bond acceptors (Lipinski definition) is 9. The lowest BCUT2D eigenvalue weighted by atomic mass is 10.2. The van der Waals surface area contributed by atoms with Crippen molar-refractivity contribution < 1.29 is 26.9 Å². The van der Waals surface area contributed by atoms with Crippen LogP contribution in [0.2, 0.25) is 0 Å². The Morgan fingerprint density at radius 1 is 1.20 bits per heavy atom. The number of benzene rings is 2. The maximum Gasteiger partial charge on any atom is 0.419 e. The molecule has 0 saturated heterocycles. The first-order valence-corrected chi connectivity index (χ1v) is 12.2. The van der Waals surface area contributed by atoms with Gasteiger partial charge < -0.3 is 14.9 Å². The molecule has 12 nitrogen and oxygen atoms in total. The zero-order valence-corrected chi connectivity index (χ0v) is 19.6. The number of esters is 1. The van der Waals surface area contributed by atoms with Crippen LogP contribution in [0.5, 0.6) is 0 Å². The number of anilines is 3. The summed E-state index contributed by atoms with van der Waals surface area (Å²) in [4.78, 5) is 32.3. The summed E-state index contributed by atoms with van der Waals surface area (Å²) < 4.78 is 47.0. The molecule has 4 aromatic rings. The second kappa shape index (κ2) is 9.72. The number of nitrogens with zero attached hydrogens (tertiary/aromatic N) is 4. The van der Waals surface area contributed by atoms with E-state index in [1.54, 1.807) is 6.92 Å². The molecule has 35 heavy (non-hydrogen) atoms. The fourth-order valence-electron chi connectivity index (χ4n) is 3.72. The van der Waals surface area contributed by atoms with E-state index in [2.05, 4.69) is 9.97 Å². The average molecular weight is 502 g/mol. The van der Waals surface area contributed by atoms with Crippen molar-refractivity contribution in [3.63, 3.8) is 0 Å². The van der Waals surface area contributed by atoms with Gasteiger partial charge in [-0.2, -0.15) is 12.7 Å². The number of ether oxygens (including phenoxy) is 1. The highest BCUT2D eigenvalue weighted by Gasteiger charge is 2.26. The van der Waals surface area contributed by atoms with E-state index in [1.165, 1.54) is 41.0 Å². The Balaban J connectivity index is 1.77. The molecule has 0 atom stereocenters. The highest BCUT2D eigenvalue weighted by Crippen LogP contribution is 2.34. The number of rotatable bonds is 9. The minimum Gasteiger partial charge on any atom is -0.466 e. The third-order valence-corrected chi connectivity index (χ3v) is 6.12. The maximum absolute atomic E-state index is 12.5. The van der Waals surface area contributed by atoms with Crippen LogP contribution in [0, 0.1) is 0 Å². The minimum atomic E-state index is -4.80. The molecular formula is C22H23N5O7S. The van der Waals surface area contributed by atoms with E-state index in [-0.39, 0.29) is 41.4 Å². The van der Waals surface area contributed by atoms with Crippen LogP contribution in [0.15, 0.2) is 51.9 Å². The lowest BCUT2D eigenvalue weighted by Crippen LogP contribution is -2.26. The van der Waals surface area contributed by atoms with Crippen LogP contribution in [0.3, 0.4) is 0 Å². The average Bonchev–Trinajstić information content (AvgIpc) is 3.10. The number of aromatic nitrogens is 3. The maximum atomic E-state index is 12.5. The molecule has 0 amide bonds. The van der Waals surface area contributed by atoms with Crippen molar-refractivity contribution in [3.05, 3.63) is 53.3 Å². The first-order chi connectivity index (χ1) is 16.7. The molecule has 2 aromatic carbocycles. The van der Waals surface area contributed by atoms with Crippen molar-refractivity contribution >= 4 is 55.5 Å². The standard InChI is InChI=1S/C22H23N5O7S/c1-2-33-20(28)5-3-4-10-26-18-11-16-17(12-19(18)34-22(26)29)24-13-25-21(16)27(35(30,31)32)15-8-6-14(23)7-9-15/h6-9,11-13H,2-5,10,23H2,1H3,(H,30,31,32). The van der Waals surface area contributed by atoms with Crippen LogP contribution in [0.1, 0.15) is 26.2 Å². The predicted octanol–water partition coefficient (Wildman–Crippen LogP) is 2.79. The Hall–Kier alpha value is -3.97. The molecule has 0 spiro atoms. The van der Waals surface area contributed by atoms with Crippen LogP contribution in [-0.4, -0.2) is 40.1 Å². The van der Waals surface area contributed by atoms with Crippen LogP contribution in [0.4, 0.5) is 17.2 Å². The number of hydrogen-bond donors (Lipinski definition) is 2. The summed E-state index contributed by atoms with van der Waals surface area (Å²) >= 11 is 0. The van der Waals surface area contributed by atoms with Crippen molar-refractivity contribution in [3.8, 4) is 0 Å². The quantitative estimate of drug-likeness (QED) is 0.150. The molecule has 4 rings (SSSR count). The predicted molar refractivity (Wildman–Crippen MR) is 129 cm³/mol. The Kier molecular flexibility index (Phi) is 6.71. The molecule has 0 aliphatic heterocycles. The van der Waals surface area contributed by atoms with Gasteiger partial charge in [0.25, 0.3) is 0 Å². The van der Waals surface area contributed by atoms with Crippen molar-refractivity contribution in [2.24, 2.45) is 0 Å². The van der Waals surface area contributed by atoms with Gasteiger partial charge in [0.2, 0.25) is 0 Å². The van der Waals surface area contributed by atoms with Gasteiger partial charge >= 0.3 is 22.0 Å². The van der Waals surface area contributed by atoms with Crippen LogP contribution in [0.25, 0.3) is 22.0 Å². The van der Waals surface area contributed by atoms with Gasteiger partial charge in [-0.15, -0.1) is 0 Å². The topological polar surface area (TPSA) is 171 Å². The van der Waals surface area contributed by atoms with Crippen molar-refractivity contribution in [1.29, 1.82) is 0 Å². The van der Waals surface area contributed by atoms with Crippen molar-refractivity contribution in [2.45, 2.75) is 32.7 Å². The van der Waals surface area contributed by atoms with E-state index < -0.39 is 16.1 Å². The second-order valence-corrected chi connectivity index (χ2v) is 8.91. The molecule has 0 saturated carbocycles. The smallest absolute Gasteiger partial charge is 0.419 e. The van der Waals surface area contributed by atoms with Gasteiger partial charge in [-0.25, -0.2) is 14.8 Å². The second-order valence-electron chi connectivity index (χ2n) is 7.65. The molecule has 0 bridgehead atoms. The van der Waals surface area contributed by atoms with Gasteiger partial charge in [-0.3, -0.25) is 13.9 Å². The highest BCUT2D eigenvalue weighted by atomic mass is 32.2. The highest BCUT2D eigenvalue weighted by molar-refractivity contribution is 7.87. The Morgan fingerprint density at radius 3 is 2.63 bits per heavy atom. The van der Waals surface area contributed by atoms with Gasteiger partial charge in [0, 0.05) is 30.1 Å². The van der Waals surface area contributed by atoms with Gasteiger partial charge in [-0.05, 0) is 50.1 Å². The van der Waals surface area contributed by atoms with Gasteiger partial charge in [0.1, 0.15) is 6.33 Å². The lowest BCUT2D eigenvalue weighted by molar-refractivity contribution is -0.143. The number of unbranched alkanes of at least 4 members (excludes halogenated alkanes) is 1. The fourth-order valence-corrected chi connectivity index (χ4v) is 4.47. The number of aryl methyl sites for hydroxylation is 1. The SMILES string of the molecule is CCOC(=O)CCCCn1c(=O)oc2cc3ncnc(N(c4ccc(N)cc4)S(=O)(=O)O)c3cc21. The Morgan fingerprint density at radius 2 is 1.94 bits per heavy atom. The molecule has 0 radical (unpaired) electrons. The zero-order valence-electron chi connectivity index (χ0n) is 18.7. The summed E-state index contributed by atoms with van der Waals surface area (Å²) in [6.07, 6.45) is 2.38. The molecule has 2 heterocycles. The number of oxazole rings is 1. The molecule has 0 fully saturated rings. The first kappa shape index (κ1) is 24.2. The summed E-state index contributed by atoms with van der Waals surface area (Å²) in [6, 6.07) is 8.85. The monoisotopic (exact) mass is 501 g/mol. The fraction of sp³-hybridized carbons (Fsp3) is 0.273. The number of nitrogens with two attached hydrogens (primary N) is 1. The summed E-state index contributed by atoms with van der Waals surface area (Å²) in [6.45, 7) is 2.30. The van der Waals surface area contributed by atoms with Crippen molar-refractivity contribution in [2.75, 3.05) is 16.6 Å². The van der Waals surface area contributed by atoms with E-state index in [1.807, 2.05) is 0 Å². The number of carbonyl (C=O) groups excluding carboxylic acids is 1. The molecule has 0 aliphatic rings. The van der Waals surface area contributed by atoms with Gasteiger partial charge in [0.05, 0.1) is 23.3 Å². The molecule has 0 aliphatic carbocycles. The molecule has 184 valence electrons. The van der Waals surface area contributed by atoms with Crippen molar-refractivity contribution in [1.82, 2.24) is 14.5 Å². The summed E-state index contributed by atoms with van der Waals surface area (Å²) in [5.41, 5.74) is 7.16. The van der Waals surface area contributed by atoms with Gasteiger partial charge in [0.15, 0.2) is 11.4 Å². The minimum absolute atomic E-state index is 0.102. The molecular weight excluding hydrogens is 478 g/mol. The third kappa shape index (κ3) is 5.10. The Labute approximate surface area is 199 Å². The van der Waals surface area contributed by atoms with Crippen LogP contribution >= 0.6 is 0 Å².